The van der Waals surface area contributed by atoms with Gasteiger partial charge >= 0.3 is 0 Å². The van der Waals surface area contributed by atoms with Gasteiger partial charge in [0, 0.05) is 6.08 Å². The van der Waals surface area contributed by atoms with E-state index < -0.39 is 6.29 Å². The van der Waals surface area contributed by atoms with E-state index in [0.717, 1.165) is 0 Å². The van der Waals surface area contributed by atoms with Crippen molar-refractivity contribution in [1.29, 1.82) is 0 Å². The number of aliphatic hydroxyl groups excluding tert-OH is 1. The maximum Gasteiger partial charge on any atom is 0.281 e. The third-order valence-electron chi connectivity index (χ3n) is 0.946. The first-order valence-corrected chi connectivity index (χ1v) is 2.60. The van der Waals surface area contributed by atoms with Gasteiger partial charge in [-0.15, -0.1) is 0 Å². The summed E-state index contributed by atoms with van der Waals surface area (Å²) in [4.78, 5) is 0. The van der Waals surface area contributed by atoms with Crippen LogP contribution in [0, 0.1) is 0 Å². The molecule has 0 aliphatic carbocycles. The molecule has 0 bridgehead atoms. The third kappa shape index (κ3) is 1.47. The second-order valence-corrected chi connectivity index (χ2v) is 1.58. The minimum absolute atomic E-state index is 0.338. The van der Waals surface area contributed by atoms with Gasteiger partial charge in [-0.1, -0.05) is 6.08 Å². The van der Waals surface area contributed by atoms with Crippen LogP contribution in [-0.4, -0.2) is 18.5 Å². The highest BCUT2D eigenvalue weighted by molar-refractivity contribution is 5.08. The highest BCUT2D eigenvalue weighted by Gasteiger charge is 2.06. The minimum Gasteiger partial charge on any atom is -0.469 e. The molecule has 0 aromatic rings. The molecule has 1 unspecified atom stereocenters. The first-order valence-electron chi connectivity index (χ1n) is 2.60. The Balaban J connectivity index is 2.55. The van der Waals surface area contributed by atoms with Gasteiger partial charge in [-0.3, -0.25) is 0 Å². The number of rotatable bonds is 1. The Morgan fingerprint density at radius 1 is 1.78 bits per heavy atom. The van der Waals surface area contributed by atoms with Crippen LogP contribution in [-0.2, 0) is 9.47 Å². The summed E-state index contributed by atoms with van der Waals surface area (Å²) in [7, 11) is 1.48. The normalized spacial score (nSPS) is 24.7. The molecule has 0 fully saturated rings. The van der Waals surface area contributed by atoms with E-state index in [4.69, 9.17) is 9.84 Å². The molecule has 3 heteroatoms. The zero-order valence-electron chi connectivity index (χ0n) is 5.07. The van der Waals surface area contributed by atoms with Crippen molar-refractivity contribution in [3.8, 4) is 0 Å². The van der Waals surface area contributed by atoms with E-state index in [9.17, 15) is 0 Å². The number of methoxy groups -OCH3 is 1. The van der Waals surface area contributed by atoms with E-state index in [1.807, 2.05) is 0 Å². The Hall–Kier alpha value is -0.960. The summed E-state index contributed by atoms with van der Waals surface area (Å²) in [5.74, 6) is 0.338. The Morgan fingerprint density at radius 3 is 3.00 bits per heavy atom. The zero-order valence-corrected chi connectivity index (χ0v) is 5.07. The summed E-state index contributed by atoms with van der Waals surface area (Å²) in [6.07, 6.45) is 3.97. The average Bonchev–Trinajstić information content (AvgIpc) is 1.88. The van der Waals surface area contributed by atoms with Crippen molar-refractivity contribution in [3.63, 3.8) is 0 Å². The number of hydrogen-bond donors (Lipinski definition) is 1. The van der Waals surface area contributed by atoms with Crippen LogP contribution in [0.15, 0.2) is 24.2 Å². The van der Waals surface area contributed by atoms with Crippen molar-refractivity contribution in [3.05, 3.63) is 24.2 Å². The lowest BCUT2D eigenvalue weighted by Crippen LogP contribution is -2.11. The van der Waals surface area contributed by atoms with Gasteiger partial charge in [-0.2, -0.15) is 0 Å². The SMILES string of the molecule is COC1=CC=CC(O)O1. The van der Waals surface area contributed by atoms with E-state index in [2.05, 4.69) is 4.74 Å². The topological polar surface area (TPSA) is 38.7 Å². The van der Waals surface area contributed by atoms with Crippen LogP contribution in [0.1, 0.15) is 0 Å². The van der Waals surface area contributed by atoms with Crippen molar-refractivity contribution in [1.82, 2.24) is 0 Å². The molecule has 1 aliphatic rings. The maximum atomic E-state index is 8.78. The first kappa shape index (κ1) is 6.16. The summed E-state index contributed by atoms with van der Waals surface area (Å²) >= 11 is 0. The molecular weight excluding hydrogens is 120 g/mol. The summed E-state index contributed by atoms with van der Waals surface area (Å²) < 4.78 is 9.43. The van der Waals surface area contributed by atoms with Crippen molar-refractivity contribution >= 4 is 0 Å². The molecule has 3 nitrogen and oxygen atoms in total. The maximum absolute atomic E-state index is 8.78. The fourth-order valence-electron chi connectivity index (χ4n) is 0.543. The van der Waals surface area contributed by atoms with Crippen LogP contribution in [0.2, 0.25) is 0 Å². The number of ether oxygens (including phenoxy) is 2. The fraction of sp³-hybridized carbons (Fsp3) is 0.333. The lowest BCUT2D eigenvalue weighted by molar-refractivity contribution is -0.0797. The Morgan fingerprint density at radius 2 is 2.56 bits per heavy atom. The molecule has 1 rings (SSSR count). The Bertz CT molecular complexity index is 148. The van der Waals surface area contributed by atoms with Gasteiger partial charge < -0.3 is 14.6 Å². The van der Waals surface area contributed by atoms with Crippen LogP contribution in [0.3, 0.4) is 0 Å². The van der Waals surface area contributed by atoms with E-state index in [-0.39, 0.29) is 0 Å². The quantitative estimate of drug-likeness (QED) is 0.554. The summed E-state index contributed by atoms with van der Waals surface area (Å²) in [5.41, 5.74) is 0. The van der Waals surface area contributed by atoms with Gasteiger partial charge in [0.25, 0.3) is 5.95 Å². The highest BCUT2D eigenvalue weighted by atomic mass is 16.7. The smallest absolute Gasteiger partial charge is 0.281 e. The average molecular weight is 128 g/mol. The molecule has 0 spiro atoms. The molecule has 0 aromatic carbocycles. The van der Waals surface area contributed by atoms with E-state index in [0.29, 0.717) is 5.95 Å². The van der Waals surface area contributed by atoms with Gasteiger partial charge in [0.05, 0.1) is 7.11 Å². The van der Waals surface area contributed by atoms with Crippen molar-refractivity contribution in [2.24, 2.45) is 0 Å². The molecule has 0 radical (unpaired) electrons. The molecule has 1 heterocycles. The third-order valence-corrected chi connectivity index (χ3v) is 0.946. The monoisotopic (exact) mass is 128 g/mol. The molecule has 9 heavy (non-hydrogen) atoms. The second kappa shape index (κ2) is 2.55. The lowest BCUT2D eigenvalue weighted by atomic mass is 10.4. The predicted octanol–water partition coefficient (Wildman–Crippen LogP) is 0.379. The summed E-state index contributed by atoms with van der Waals surface area (Å²) in [6.45, 7) is 0. The van der Waals surface area contributed by atoms with E-state index in [1.165, 1.54) is 13.2 Å². The Labute approximate surface area is 53.2 Å². The molecule has 0 saturated heterocycles. The molecule has 50 valence electrons. The summed E-state index contributed by atoms with van der Waals surface area (Å²) in [5, 5.41) is 8.78. The molecule has 0 amide bonds. The van der Waals surface area contributed by atoms with Crippen molar-refractivity contribution in [2.75, 3.05) is 7.11 Å². The molecule has 0 saturated carbocycles. The fourth-order valence-corrected chi connectivity index (χ4v) is 0.543. The van der Waals surface area contributed by atoms with Crippen molar-refractivity contribution < 1.29 is 14.6 Å². The molecule has 1 N–H and O–H groups in total. The Kier molecular flexibility index (Phi) is 1.75. The van der Waals surface area contributed by atoms with Gasteiger partial charge in [0.1, 0.15) is 0 Å². The first-order chi connectivity index (χ1) is 4.33. The van der Waals surface area contributed by atoms with Crippen LogP contribution in [0.5, 0.6) is 0 Å². The second-order valence-electron chi connectivity index (χ2n) is 1.58. The molecular formula is C6H8O3. The number of allylic oxidation sites excluding steroid dienone is 2. The molecule has 1 aliphatic heterocycles. The highest BCUT2D eigenvalue weighted by Crippen LogP contribution is 2.07. The van der Waals surface area contributed by atoms with Gasteiger partial charge in [-0.05, 0) is 6.08 Å². The lowest BCUT2D eigenvalue weighted by Gasteiger charge is -2.13. The van der Waals surface area contributed by atoms with E-state index >= 15 is 0 Å². The van der Waals surface area contributed by atoms with Crippen LogP contribution >= 0.6 is 0 Å². The van der Waals surface area contributed by atoms with Crippen LogP contribution in [0.25, 0.3) is 0 Å². The van der Waals surface area contributed by atoms with Gasteiger partial charge in [-0.25, -0.2) is 0 Å². The standard InChI is InChI=1S/C6H8O3/c1-8-6-4-2-3-5(7)9-6/h2-5,7H,1H3. The number of hydrogen-bond acceptors (Lipinski definition) is 3. The van der Waals surface area contributed by atoms with Crippen LogP contribution in [0.4, 0.5) is 0 Å². The molecule has 1 atom stereocenters. The molecule has 0 aromatic heterocycles. The summed E-state index contributed by atoms with van der Waals surface area (Å²) in [6, 6.07) is 0. The predicted molar refractivity (Wildman–Crippen MR) is 31.3 cm³/mol. The minimum atomic E-state index is -0.857. The van der Waals surface area contributed by atoms with Gasteiger partial charge in [0.15, 0.2) is 0 Å². The largest absolute Gasteiger partial charge is 0.469 e. The van der Waals surface area contributed by atoms with Crippen LogP contribution < -0.4 is 0 Å². The van der Waals surface area contributed by atoms with E-state index in [1.54, 1.807) is 12.2 Å². The zero-order chi connectivity index (χ0) is 6.69. The van der Waals surface area contributed by atoms with Crippen molar-refractivity contribution in [2.45, 2.75) is 6.29 Å². The van der Waals surface area contributed by atoms with Gasteiger partial charge in [0.2, 0.25) is 6.29 Å². The number of aliphatic hydroxyl groups is 1.